The van der Waals surface area contributed by atoms with Gasteiger partial charge in [-0.3, -0.25) is 0 Å². The summed E-state index contributed by atoms with van der Waals surface area (Å²) in [5.41, 5.74) is 1.12. The van der Waals surface area contributed by atoms with E-state index >= 15 is 0 Å². The SMILES string of the molecule is CCc1c(Cl)nc(-c2ccc(F)cn2)nc1Cl. The van der Waals surface area contributed by atoms with Gasteiger partial charge in [-0.15, -0.1) is 0 Å². The maximum absolute atomic E-state index is 12.7. The highest BCUT2D eigenvalue weighted by atomic mass is 35.5. The Hall–Kier alpha value is -1.26. The van der Waals surface area contributed by atoms with Gasteiger partial charge < -0.3 is 0 Å². The van der Waals surface area contributed by atoms with Crippen LogP contribution in [0.15, 0.2) is 18.3 Å². The van der Waals surface area contributed by atoms with Gasteiger partial charge in [0.1, 0.15) is 21.8 Å². The maximum Gasteiger partial charge on any atom is 0.181 e. The average Bonchev–Trinajstić information content (AvgIpc) is 2.29. The van der Waals surface area contributed by atoms with E-state index in [1.54, 1.807) is 0 Å². The predicted octanol–water partition coefficient (Wildman–Crippen LogP) is 3.55. The fraction of sp³-hybridized carbons (Fsp3) is 0.182. The minimum atomic E-state index is -0.420. The number of pyridine rings is 1. The van der Waals surface area contributed by atoms with Crippen molar-refractivity contribution >= 4 is 23.2 Å². The van der Waals surface area contributed by atoms with Gasteiger partial charge in [-0.05, 0) is 18.6 Å². The number of halogens is 3. The van der Waals surface area contributed by atoms with E-state index in [2.05, 4.69) is 15.0 Å². The number of aromatic nitrogens is 3. The van der Waals surface area contributed by atoms with E-state index in [0.29, 0.717) is 28.0 Å². The number of hydrogen-bond donors (Lipinski definition) is 0. The zero-order valence-corrected chi connectivity index (χ0v) is 10.4. The largest absolute Gasteiger partial charge is 0.250 e. The lowest BCUT2D eigenvalue weighted by atomic mass is 10.2. The summed E-state index contributed by atoms with van der Waals surface area (Å²) < 4.78 is 12.7. The molecule has 0 aromatic carbocycles. The molecular formula is C11H8Cl2FN3. The van der Waals surface area contributed by atoms with Gasteiger partial charge in [-0.2, -0.15) is 0 Å². The number of rotatable bonds is 2. The van der Waals surface area contributed by atoms with Gasteiger partial charge in [0, 0.05) is 5.56 Å². The van der Waals surface area contributed by atoms with E-state index in [4.69, 9.17) is 23.2 Å². The Balaban J connectivity index is 2.50. The molecule has 0 fully saturated rings. The zero-order chi connectivity index (χ0) is 12.4. The molecule has 88 valence electrons. The third kappa shape index (κ3) is 2.53. The molecule has 0 aliphatic rings. The molecule has 0 amide bonds. The average molecular weight is 272 g/mol. The van der Waals surface area contributed by atoms with Crippen molar-refractivity contribution in [3.63, 3.8) is 0 Å². The minimum Gasteiger partial charge on any atom is -0.250 e. The Labute approximate surface area is 108 Å². The van der Waals surface area contributed by atoms with Crippen LogP contribution >= 0.6 is 23.2 Å². The smallest absolute Gasteiger partial charge is 0.181 e. The molecule has 0 bridgehead atoms. The number of hydrogen-bond acceptors (Lipinski definition) is 3. The Morgan fingerprint density at radius 1 is 1.18 bits per heavy atom. The molecule has 0 unspecified atom stereocenters. The molecule has 0 spiro atoms. The van der Waals surface area contributed by atoms with Gasteiger partial charge in [0.25, 0.3) is 0 Å². The lowest BCUT2D eigenvalue weighted by Crippen LogP contribution is -1.98. The Bertz CT molecular complexity index is 520. The van der Waals surface area contributed by atoms with Crippen molar-refractivity contribution in [2.75, 3.05) is 0 Å². The minimum absolute atomic E-state index is 0.289. The maximum atomic E-state index is 12.7. The molecule has 0 saturated carbocycles. The van der Waals surface area contributed by atoms with Crippen LogP contribution in [0.2, 0.25) is 10.3 Å². The van der Waals surface area contributed by atoms with E-state index < -0.39 is 5.82 Å². The molecule has 0 atom stereocenters. The first kappa shape index (κ1) is 12.2. The van der Waals surface area contributed by atoms with Gasteiger partial charge in [-0.1, -0.05) is 30.1 Å². The van der Waals surface area contributed by atoms with E-state index in [0.717, 1.165) is 6.20 Å². The van der Waals surface area contributed by atoms with Crippen molar-refractivity contribution in [2.45, 2.75) is 13.3 Å². The van der Waals surface area contributed by atoms with Crippen molar-refractivity contribution in [3.05, 3.63) is 40.0 Å². The summed E-state index contributed by atoms with van der Waals surface area (Å²) in [6.45, 7) is 1.91. The van der Waals surface area contributed by atoms with Crippen molar-refractivity contribution < 1.29 is 4.39 Å². The van der Waals surface area contributed by atoms with Crippen molar-refractivity contribution in [2.24, 2.45) is 0 Å². The summed E-state index contributed by atoms with van der Waals surface area (Å²) >= 11 is 12.0. The summed E-state index contributed by atoms with van der Waals surface area (Å²) in [6, 6.07) is 2.75. The van der Waals surface area contributed by atoms with Crippen LogP contribution in [0.5, 0.6) is 0 Å². The predicted molar refractivity (Wildman–Crippen MR) is 64.6 cm³/mol. The second kappa shape index (κ2) is 4.94. The Morgan fingerprint density at radius 2 is 1.82 bits per heavy atom. The molecule has 0 aliphatic heterocycles. The molecule has 0 N–H and O–H groups in total. The summed E-state index contributed by atoms with van der Waals surface area (Å²) in [4.78, 5) is 12.0. The standard InChI is InChI=1S/C11H8Cl2FN3/c1-2-7-9(12)16-11(17-10(7)13)8-4-3-6(14)5-15-8/h3-5H,2H2,1H3. The van der Waals surface area contributed by atoms with Crippen LogP contribution in [0, 0.1) is 5.82 Å². The van der Waals surface area contributed by atoms with E-state index in [9.17, 15) is 4.39 Å². The van der Waals surface area contributed by atoms with Crippen LogP contribution in [0.3, 0.4) is 0 Å². The molecule has 6 heteroatoms. The quantitative estimate of drug-likeness (QED) is 0.785. The summed E-state index contributed by atoms with van der Waals surface area (Å²) in [6.07, 6.45) is 1.74. The molecule has 2 aromatic heterocycles. The van der Waals surface area contributed by atoms with Gasteiger partial charge in [0.15, 0.2) is 5.82 Å². The van der Waals surface area contributed by atoms with Gasteiger partial charge in [0.05, 0.1) is 6.20 Å². The molecule has 3 nitrogen and oxygen atoms in total. The van der Waals surface area contributed by atoms with E-state index in [1.165, 1.54) is 12.1 Å². The lowest BCUT2D eigenvalue weighted by molar-refractivity contribution is 0.621. The van der Waals surface area contributed by atoms with E-state index in [1.807, 2.05) is 6.92 Å². The Morgan fingerprint density at radius 3 is 2.29 bits per heavy atom. The molecule has 0 radical (unpaired) electrons. The summed E-state index contributed by atoms with van der Waals surface area (Å²) in [7, 11) is 0. The Kier molecular flexibility index (Phi) is 3.54. The van der Waals surface area contributed by atoms with Crippen LogP contribution in [0.1, 0.15) is 12.5 Å². The fourth-order valence-corrected chi connectivity index (χ4v) is 2.00. The second-order valence-electron chi connectivity index (χ2n) is 3.32. The zero-order valence-electron chi connectivity index (χ0n) is 8.91. The monoisotopic (exact) mass is 271 g/mol. The van der Waals surface area contributed by atoms with Gasteiger partial charge in [-0.25, -0.2) is 19.3 Å². The van der Waals surface area contributed by atoms with Crippen LogP contribution in [0.25, 0.3) is 11.5 Å². The molecule has 0 saturated heterocycles. The highest BCUT2D eigenvalue weighted by molar-refractivity contribution is 6.34. The normalized spacial score (nSPS) is 10.6. The van der Waals surface area contributed by atoms with Crippen LogP contribution in [-0.4, -0.2) is 15.0 Å². The van der Waals surface area contributed by atoms with Crippen LogP contribution in [-0.2, 0) is 6.42 Å². The number of nitrogens with zero attached hydrogens (tertiary/aromatic N) is 3. The first-order chi connectivity index (χ1) is 8.11. The van der Waals surface area contributed by atoms with Crippen LogP contribution < -0.4 is 0 Å². The molecule has 2 aromatic rings. The topological polar surface area (TPSA) is 38.7 Å². The third-order valence-corrected chi connectivity index (χ3v) is 2.84. The second-order valence-corrected chi connectivity index (χ2v) is 4.04. The molecular weight excluding hydrogens is 264 g/mol. The summed E-state index contributed by atoms with van der Waals surface area (Å²) in [5.74, 6) is -0.131. The highest BCUT2D eigenvalue weighted by Crippen LogP contribution is 2.24. The van der Waals surface area contributed by atoms with Crippen molar-refractivity contribution in [3.8, 4) is 11.5 Å². The van der Waals surface area contributed by atoms with Crippen molar-refractivity contribution in [1.29, 1.82) is 0 Å². The first-order valence-electron chi connectivity index (χ1n) is 4.95. The fourth-order valence-electron chi connectivity index (χ4n) is 1.35. The van der Waals surface area contributed by atoms with Crippen LogP contribution in [0.4, 0.5) is 4.39 Å². The summed E-state index contributed by atoms with van der Waals surface area (Å²) in [5, 5.41) is 0.599. The highest BCUT2D eigenvalue weighted by Gasteiger charge is 2.12. The molecule has 2 rings (SSSR count). The van der Waals surface area contributed by atoms with E-state index in [-0.39, 0.29) is 5.82 Å². The first-order valence-corrected chi connectivity index (χ1v) is 5.71. The van der Waals surface area contributed by atoms with Crippen molar-refractivity contribution in [1.82, 2.24) is 15.0 Å². The van der Waals surface area contributed by atoms with Gasteiger partial charge >= 0.3 is 0 Å². The molecule has 17 heavy (non-hydrogen) atoms. The molecule has 0 aliphatic carbocycles. The third-order valence-electron chi connectivity index (χ3n) is 2.22. The van der Waals surface area contributed by atoms with Gasteiger partial charge in [0.2, 0.25) is 0 Å². The molecule has 2 heterocycles. The lowest BCUT2D eigenvalue weighted by Gasteiger charge is -2.05.